The lowest BCUT2D eigenvalue weighted by atomic mass is 10.3. The third-order valence-corrected chi connectivity index (χ3v) is 2.44. The number of hydrogen-bond donors (Lipinski definition) is 0. The molecular formula is C11H13ClN4O. The minimum Gasteiger partial charge on any atom is -0.492 e. The van der Waals surface area contributed by atoms with Gasteiger partial charge in [-0.25, -0.2) is 0 Å². The van der Waals surface area contributed by atoms with Crippen molar-refractivity contribution < 1.29 is 4.74 Å². The van der Waals surface area contributed by atoms with Gasteiger partial charge < -0.3 is 4.74 Å². The fourth-order valence-electron chi connectivity index (χ4n) is 1.52. The number of para-hydroxylation sites is 2. The smallest absolute Gasteiger partial charge is 0.174 e. The molecule has 0 aliphatic rings. The average Bonchev–Trinajstić information content (AvgIpc) is 2.79. The monoisotopic (exact) mass is 252 g/mol. The number of rotatable bonds is 4. The topological polar surface area (TPSA) is 52.8 Å². The van der Waals surface area contributed by atoms with Gasteiger partial charge in [-0.1, -0.05) is 12.1 Å². The molecule has 0 fully saturated rings. The van der Waals surface area contributed by atoms with Gasteiger partial charge in [0.15, 0.2) is 5.82 Å². The highest BCUT2D eigenvalue weighted by Crippen LogP contribution is 2.25. The van der Waals surface area contributed by atoms with Crippen LogP contribution in [0.1, 0.15) is 25.0 Å². The standard InChI is InChI=1S/C11H13ClN4O/c1-3-17-10-7-5-4-6-9(10)16-11(8(2)12)13-14-15-16/h4-8H,3H2,1-2H3. The summed E-state index contributed by atoms with van der Waals surface area (Å²) in [4.78, 5) is 0. The van der Waals surface area contributed by atoms with Crippen LogP contribution in [-0.2, 0) is 0 Å². The van der Waals surface area contributed by atoms with Gasteiger partial charge in [0.25, 0.3) is 0 Å². The van der Waals surface area contributed by atoms with Gasteiger partial charge in [-0.15, -0.1) is 16.7 Å². The first kappa shape index (κ1) is 11.9. The van der Waals surface area contributed by atoms with Crippen molar-refractivity contribution in [1.29, 1.82) is 0 Å². The summed E-state index contributed by atoms with van der Waals surface area (Å²) in [7, 11) is 0. The largest absolute Gasteiger partial charge is 0.492 e. The molecule has 2 rings (SSSR count). The normalized spacial score (nSPS) is 12.4. The van der Waals surface area contributed by atoms with Crippen molar-refractivity contribution in [3.8, 4) is 11.4 Å². The van der Waals surface area contributed by atoms with Crippen molar-refractivity contribution in [3.63, 3.8) is 0 Å². The second kappa shape index (κ2) is 5.14. The van der Waals surface area contributed by atoms with Gasteiger partial charge in [0, 0.05) is 0 Å². The molecule has 1 unspecified atom stereocenters. The number of aromatic nitrogens is 4. The Kier molecular flexibility index (Phi) is 3.58. The van der Waals surface area contributed by atoms with E-state index in [1.54, 1.807) is 4.68 Å². The van der Waals surface area contributed by atoms with Crippen LogP contribution < -0.4 is 4.74 Å². The molecule has 2 aromatic rings. The predicted molar refractivity (Wildman–Crippen MR) is 64.6 cm³/mol. The fraction of sp³-hybridized carbons (Fsp3) is 0.364. The molecule has 0 aliphatic carbocycles. The second-order valence-corrected chi connectivity index (χ2v) is 4.12. The Labute approximate surface area is 104 Å². The molecule has 1 heterocycles. The molecular weight excluding hydrogens is 240 g/mol. The molecule has 0 N–H and O–H groups in total. The number of halogens is 1. The SMILES string of the molecule is CCOc1ccccc1-n1nnnc1C(C)Cl. The van der Waals surface area contributed by atoms with Gasteiger partial charge in [-0.05, 0) is 36.4 Å². The summed E-state index contributed by atoms with van der Waals surface area (Å²) in [6.07, 6.45) is 0. The Bertz CT molecular complexity index is 498. The van der Waals surface area contributed by atoms with Crippen LogP contribution >= 0.6 is 11.6 Å². The molecule has 1 aromatic heterocycles. The highest BCUT2D eigenvalue weighted by molar-refractivity contribution is 6.20. The first-order valence-corrected chi connectivity index (χ1v) is 5.82. The summed E-state index contributed by atoms with van der Waals surface area (Å²) in [5.74, 6) is 1.33. The van der Waals surface area contributed by atoms with E-state index in [-0.39, 0.29) is 5.38 Å². The summed E-state index contributed by atoms with van der Waals surface area (Å²) in [5.41, 5.74) is 0.793. The first-order chi connectivity index (χ1) is 8.24. The van der Waals surface area contributed by atoms with E-state index in [9.17, 15) is 0 Å². The lowest BCUT2D eigenvalue weighted by molar-refractivity contribution is 0.338. The number of benzene rings is 1. The van der Waals surface area contributed by atoms with Crippen LogP contribution in [0.3, 0.4) is 0 Å². The Hall–Kier alpha value is -1.62. The lowest BCUT2D eigenvalue weighted by Gasteiger charge is -2.11. The van der Waals surface area contributed by atoms with E-state index >= 15 is 0 Å². The highest BCUT2D eigenvalue weighted by Gasteiger charge is 2.16. The quantitative estimate of drug-likeness (QED) is 0.784. The highest BCUT2D eigenvalue weighted by atomic mass is 35.5. The summed E-state index contributed by atoms with van der Waals surface area (Å²) < 4.78 is 7.14. The van der Waals surface area contributed by atoms with E-state index in [2.05, 4.69) is 15.5 Å². The molecule has 6 heteroatoms. The Morgan fingerprint density at radius 2 is 2.18 bits per heavy atom. The molecule has 0 bridgehead atoms. The summed E-state index contributed by atoms with van der Waals surface area (Å²) >= 11 is 6.02. The zero-order chi connectivity index (χ0) is 12.3. The van der Waals surface area contributed by atoms with Crippen LogP contribution in [0, 0.1) is 0 Å². The minimum atomic E-state index is -0.264. The molecule has 5 nitrogen and oxygen atoms in total. The molecule has 0 saturated carbocycles. The lowest BCUT2D eigenvalue weighted by Crippen LogP contribution is -2.06. The number of hydrogen-bond acceptors (Lipinski definition) is 4. The van der Waals surface area contributed by atoms with Crippen LogP contribution in [0.5, 0.6) is 5.75 Å². The van der Waals surface area contributed by atoms with Crippen molar-refractivity contribution >= 4 is 11.6 Å². The number of alkyl halides is 1. The third kappa shape index (κ3) is 2.39. The number of nitrogens with zero attached hydrogens (tertiary/aromatic N) is 4. The van der Waals surface area contributed by atoms with Crippen molar-refractivity contribution in [2.24, 2.45) is 0 Å². The summed E-state index contributed by atoms with van der Waals surface area (Å²) in [5, 5.41) is 11.2. The third-order valence-electron chi connectivity index (χ3n) is 2.24. The Morgan fingerprint density at radius 1 is 1.41 bits per heavy atom. The average molecular weight is 253 g/mol. The van der Waals surface area contributed by atoms with Crippen molar-refractivity contribution in [2.75, 3.05) is 6.61 Å². The van der Waals surface area contributed by atoms with Gasteiger partial charge in [0.05, 0.1) is 12.0 Å². The van der Waals surface area contributed by atoms with E-state index in [1.165, 1.54) is 0 Å². The van der Waals surface area contributed by atoms with Crippen LogP contribution in [-0.4, -0.2) is 26.8 Å². The second-order valence-electron chi connectivity index (χ2n) is 3.47. The molecule has 0 radical (unpaired) electrons. The maximum atomic E-state index is 6.02. The van der Waals surface area contributed by atoms with E-state index < -0.39 is 0 Å². The van der Waals surface area contributed by atoms with Gasteiger partial charge in [-0.2, -0.15) is 4.68 Å². The zero-order valence-corrected chi connectivity index (χ0v) is 10.4. The molecule has 1 aromatic carbocycles. The summed E-state index contributed by atoms with van der Waals surface area (Å²) in [6.45, 7) is 4.35. The minimum absolute atomic E-state index is 0.264. The molecule has 1 atom stereocenters. The van der Waals surface area contributed by atoms with E-state index in [4.69, 9.17) is 16.3 Å². The van der Waals surface area contributed by atoms with Gasteiger partial charge >= 0.3 is 0 Å². The van der Waals surface area contributed by atoms with Crippen LogP contribution in [0.15, 0.2) is 24.3 Å². The Morgan fingerprint density at radius 3 is 2.88 bits per heavy atom. The molecule has 17 heavy (non-hydrogen) atoms. The summed E-state index contributed by atoms with van der Waals surface area (Å²) in [6, 6.07) is 7.58. The zero-order valence-electron chi connectivity index (χ0n) is 9.67. The molecule has 0 saturated heterocycles. The van der Waals surface area contributed by atoms with E-state index in [0.717, 1.165) is 11.4 Å². The van der Waals surface area contributed by atoms with Crippen molar-refractivity contribution in [1.82, 2.24) is 20.2 Å². The maximum absolute atomic E-state index is 6.02. The van der Waals surface area contributed by atoms with Crippen molar-refractivity contribution in [2.45, 2.75) is 19.2 Å². The van der Waals surface area contributed by atoms with E-state index in [1.807, 2.05) is 38.1 Å². The van der Waals surface area contributed by atoms with Gasteiger partial charge in [-0.3, -0.25) is 0 Å². The van der Waals surface area contributed by atoms with Crippen molar-refractivity contribution in [3.05, 3.63) is 30.1 Å². The molecule has 90 valence electrons. The van der Waals surface area contributed by atoms with Crippen LogP contribution in [0.25, 0.3) is 5.69 Å². The maximum Gasteiger partial charge on any atom is 0.174 e. The predicted octanol–water partition coefficient (Wildman–Crippen LogP) is 2.36. The molecule has 0 spiro atoms. The molecule has 0 aliphatic heterocycles. The molecule has 0 amide bonds. The van der Waals surface area contributed by atoms with Gasteiger partial charge in [0.1, 0.15) is 11.4 Å². The Balaban J connectivity index is 2.48. The fourth-order valence-corrected chi connectivity index (χ4v) is 1.66. The number of tetrazole rings is 1. The van der Waals surface area contributed by atoms with Crippen LogP contribution in [0.2, 0.25) is 0 Å². The van der Waals surface area contributed by atoms with Gasteiger partial charge in [0.2, 0.25) is 0 Å². The first-order valence-electron chi connectivity index (χ1n) is 5.38. The van der Waals surface area contributed by atoms with Crippen LogP contribution in [0.4, 0.5) is 0 Å². The number of ether oxygens (including phenoxy) is 1. The van der Waals surface area contributed by atoms with E-state index in [0.29, 0.717) is 12.4 Å².